The maximum atomic E-state index is 13.0. The summed E-state index contributed by atoms with van der Waals surface area (Å²) < 4.78 is 32.9. The number of methoxy groups -OCH3 is 1. The number of aryl methyl sites for hydroxylation is 2. The average Bonchev–Trinajstić information content (AvgIpc) is 3.40. The second-order valence-electron chi connectivity index (χ2n) is 13.7. The van der Waals surface area contributed by atoms with E-state index in [0.717, 1.165) is 38.5 Å². The Morgan fingerprint density at radius 3 is 1.98 bits per heavy atom. The van der Waals surface area contributed by atoms with Gasteiger partial charge < -0.3 is 19.5 Å². The van der Waals surface area contributed by atoms with Crippen LogP contribution in [0.25, 0.3) is 11.2 Å². The van der Waals surface area contributed by atoms with Gasteiger partial charge in [0.05, 0.1) is 30.5 Å². The van der Waals surface area contributed by atoms with Gasteiger partial charge in [-0.25, -0.2) is 18.4 Å². The number of imidazole rings is 1. The topological polar surface area (TPSA) is 144 Å². The molecule has 2 N–H and O–H groups in total. The summed E-state index contributed by atoms with van der Waals surface area (Å²) in [7, 11) is -2.24. The molecule has 10 nitrogen and oxygen atoms in total. The number of ether oxygens (including phenoxy) is 1. The number of carbonyl (C=O) groups excluding carboxylic acids is 1. The summed E-state index contributed by atoms with van der Waals surface area (Å²) in [5.41, 5.74) is 0.165. The Kier molecular flexibility index (Phi) is 14.1. The van der Waals surface area contributed by atoms with Gasteiger partial charge in [-0.1, -0.05) is 84.5 Å². The van der Waals surface area contributed by atoms with Crippen LogP contribution in [0.1, 0.15) is 123 Å². The highest BCUT2D eigenvalue weighted by molar-refractivity contribution is 7.92. The van der Waals surface area contributed by atoms with Gasteiger partial charge in [0.25, 0.3) is 0 Å². The van der Waals surface area contributed by atoms with Crippen LogP contribution in [-0.4, -0.2) is 68.7 Å². The van der Waals surface area contributed by atoms with E-state index in [1.54, 1.807) is 13.8 Å². The first-order valence-corrected chi connectivity index (χ1v) is 18.7. The van der Waals surface area contributed by atoms with Crippen LogP contribution in [0.15, 0.2) is 5.03 Å². The summed E-state index contributed by atoms with van der Waals surface area (Å²) in [6.45, 7) is 9.50. The van der Waals surface area contributed by atoms with E-state index in [1.165, 1.54) is 45.6 Å². The molecule has 0 spiro atoms. The molecule has 1 aliphatic rings. The molecule has 2 heterocycles. The normalized spacial score (nSPS) is 20.7. The van der Waals surface area contributed by atoms with Crippen molar-refractivity contribution in [3.8, 4) is 0 Å². The zero-order valence-electron chi connectivity index (χ0n) is 28.1. The maximum Gasteiger partial charge on any atom is 0.309 e. The van der Waals surface area contributed by atoms with E-state index < -0.39 is 32.7 Å². The van der Waals surface area contributed by atoms with Crippen molar-refractivity contribution >= 4 is 38.6 Å². The number of esters is 1. The van der Waals surface area contributed by atoms with Crippen molar-refractivity contribution in [2.45, 2.75) is 154 Å². The third kappa shape index (κ3) is 9.39. The summed E-state index contributed by atoms with van der Waals surface area (Å²) in [5.74, 6) is -0.189. The molecular formula is C33H55ClN4O6S. The number of aromatic nitrogens is 4. The Morgan fingerprint density at radius 2 is 1.49 bits per heavy atom. The second-order valence-corrected chi connectivity index (χ2v) is 16.5. The van der Waals surface area contributed by atoms with E-state index in [-0.39, 0.29) is 28.1 Å². The van der Waals surface area contributed by atoms with Gasteiger partial charge in [0.1, 0.15) is 11.3 Å². The number of hydrogen-bond acceptors (Lipinski definition) is 9. The number of aliphatic hydroxyl groups excluding tert-OH is 2. The van der Waals surface area contributed by atoms with Gasteiger partial charge in [-0.15, -0.1) is 0 Å². The third-order valence-electron chi connectivity index (χ3n) is 9.81. The first-order chi connectivity index (χ1) is 21.2. The molecule has 256 valence electrons. The molecule has 12 heteroatoms. The first-order valence-electron chi connectivity index (χ1n) is 16.8. The lowest BCUT2D eigenvalue weighted by atomic mass is 9.80. The fourth-order valence-corrected chi connectivity index (χ4v) is 8.01. The highest BCUT2D eigenvalue weighted by Crippen LogP contribution is 2.46. The Bertz CT molecular complexity index is 1360. The fraction of sp³-hybridized carbons (Fsp3) is 0.818. The minimum absolute atomic E-state index is 0.0349. The fourth-order valence-electron chi connectivity index (χ4n) is 6.67. The largest absolute Gasteiger partial charge is 0.469 e. The molecule has 0 aromatic carbocycles. The molecule has 0 radical (unpaired) electrons. The molecule has 4 atom stereocenters. The maximum absolute atomic E-state index is 13.0. The quantitative estimate of drug-likeness (QED) is 0.0731. The standard InChI is InChI=1S/C33H55ClN4O6S/c1-22(2)45(42,43)30-27-29(36-32(34)37-30)35-23(3)38(27)20-18-16-14-12-10-8-7-9-11-13-15-17-19-24(31(41)44-6)25-21-26(39)33(4,5)28(25)40/h22,24-26,28,39-40H,7-21H2,1-6H3/t24-,25-,26-,28-/m1/s1. The number of nitrogens with zero attached hydrogens (tertiary/aromatic N) is 4. The van der Waals surface area contributed by atoms with Gasteiger partial charge in [0.2, 0.25) is 5.28 Å². The summed E-state index contributed by atoms with van der Waals surface area (Å²) >= 11 is 6.03. The molecule has 3 rings (SSSR count). The second kappa shape index (κ2) is 16.8. The van der Waals surface area contributed by atoms with Crippen LogP contribution in [0, 0.1) is 24.2 Å². The summed E-state index contributed by atoms with van der Waals surface area (Å²) in [4.78, 5) is 25.2. The molecule has 1 aliphatic carbocycles. The number of sulfone groups is 1. The van der Waals surface area contributed by atoms with Crippen LogP contribution in [-0.2, 0) is 25.9 Å². The predicted molar refractivity (Wildman–Crippen MR) is 177 cm³/mol. The number of halogens is 1. The average molecular weight is 671 g/mol. The van der Waals surface area contributed by atoms with Gasteiger partial charge in [-0.3, -0.25) is 4.79 Å². The first kappa shape index (κ1) is 37.6. The zero-order valence-corrected chi connectivity index (χ0v) is 29.7. The zero-order chi connectivity index (χ0) is 33.4. The number of fused-ring (bicyclic) bond motifs is 1. The SMILES string of the molecule is COC(=O)[C@H](CCCCCCCCCCCCCCn1c(C)nc2nc(Cl)nc(S(=O)(=O)C(C)C)c21)[C@H]1C[C@@H](O)C(C)(C)[C@@H]1O. The van der Waals surface area contributed by atoms with E-state index in [0.29, 0.717) is 36.4 Å². The molecule has 45 heavy (non-hydrogen) atoms. The van der Waals surface area contributed by atoms with Crippen LogP contribution < -0.4 is 0 Å². The molecule has 0 saturated heterocycles. The smallest absolute Gasteiger partial charge is 0.309 e. The monoisotopic (exact) mass is 670 g/mol. The molecule has 0 amide bonds. The molecule has 0 aliphatic heterocycles. The lowest BCUT2D eigenvalue weighted by molar-refractivity contribution is -0.149. The molecule has 0 bridgehead atoms. The number of hydrogen-bond donors (Lipinski definition) is 2. The minimum Gasteiger partial charge on any atom is -0.469 e. The Morgan fingerprint density at radius 1 is 0.956 bits per heavy atom. The van der Waals surface area contributed by atoms with E-state index >= 15 is 0 Å². The molecule has 0 unspecified atom stereocenters. The predicted octanol–water partition coefficient (Wildman–Crippen LogP) is 6.60. The van der Waals surface area contributed by atoms with E-state index in [4.69, 9.17) is 16.3 Å². The minimum atomic E-state index is -3.64. The molecular weight excluding hydrogens is 616 g/mol. The van der Waals surface area contributed by atoms with E-state index in [2.05, 4.69) is 15.0 Å². The van der Waals surface area contributed by atoms with Crippen molar-refractivity contribution in [3.05, 3.63) is 11.1 Å². The third-order valence-corrected chi connectivity index (χ3v) is 12.0. The number of carbonyl (C=O) groups is 1. The lowest BCUT2D eigenvalue weighted by Crippen LogP contribution is -2.37. The summed E-state index contributed by atoms with van der Waals surface area (Å²) in [6.07, 6.45) is 13.3. The lowest BCUT2D eigenvalue weighted by Gasteiger charge is -2.30. The van der Waals surface area contributed by atoms with Gasteiger partial charge >= 0.3 is 5.97 Å². The summed E-state index contributed by atoms with van der Waals surface area (Å²) in [6, 6.07) is 0. The van der Waals surface area contributed by atoms with E-state index in [9.17, 15) is 23.4 Å². The Labute approximate surface area is 274 Å². The Balaban J connectivity index is 1.29. The van der Waals surface area contributed by atoms with Crippen molar-refractivity contribution < 1.29 is 28.2 Å². The highest BCUT2D eigenvalue weighted by atomic mass is 35.5. The molecule has 2 aromatic rings. The van der Waals surface area contributed by atoms with Crippen molar-refractivity contribution in [1.29, 1.82) is 0 Å². The van der Waals surface area contributed by atoms with Crippen LogP contribution in [0.5, 0.6) is 0 Å². The highest BCUT2D eigenvalue weighted by Gasteiger charge is 2.51. The van der Waals surface area contributed by atoms with Crippen LogP contribution in [0.3, 0.4) is 0 Å². The van der Waals surface area contributed by atoms with Gasteiger partial charge in [-0.2, -0.15) is 4.98 Å². The molecule has 1 fully saturated rings. The van der Waals surface area contributed by atoms with Crippen LogP contribution >= 0.6 is 11.6 Å². The number of unbranched alkanes of at least 4 members (excludes halogenated alkanes) is 11. The molecule has 2 aromatic heterocycles. The van der Waals surface area contributed by atoms with Crippen molar-refractivity contribution in [2.24, 2.45) is 17.3 Å². The Hall–Kier alpha value is -1.82. The van der Waals surface area contributed by atoms with Crippen LogP contribution in [0.2, 0.25) is 5.28 Å². The van der Waals surface area contributed by atoms with Gasteiger partial charge in [-0.05, 0) is 51.6 Å². The number of aliphatic hydroxyl groups is 2. The van der Waals surface area contributed by atoms with Crippen molar-refractivity contribution in [1.82, 2.24) is 19.5 Å². The van der Waals surface area contributed by atoms with Crippen molar-refractivity contribution in [3.63, 3.8) is 0 Å². The van der Waals surface area contributed by atoms with Crippen molar-refractivity contribution in [2.75, 3.05) is 7.11 Å². The van der Waals surface area contributed by atoms with Gasteiger partial charge in [0, 0.05) is 17.9 Å². The summed E-state index contributed by atoms with van der Waals surface area (Å²) in [5, 5.41) is 20.4. The number of rotatable bonds is 19. The van der Waals surface area contributed by atoms with Crippen LogP contribution in [0.4, 0.5) is 0 Å². The van der Waals surface area contributed by atoms with Gasteiger partial charge in [0.15, 0.2) is 20.5 Å². The molecule has 1 saturated carbocycles. The van der Waals surface area contributed by atoms with E-state index in [1.807, 2.05) is 25.3 Å².